The molecule has 4 heteroatoms. The lowest BCUT2D eigenvalue weighted by atomic mass is 9.47. The third-order valence-corrected chi connectivity index (χ3v) is 10.4. The van der Waals surface area contributed by atoms with Gasteiger partial charge in [0.15, 0.2) is 0 Å². The largest absolute Gasteiger partial charge is 0.355 e. The van der Waals surface area contributed by atoms with E-state index in [0.29, 0.717) is 36.3 Å². The second-order valence-corrected chi connectivity index (χ2v) is 11.8. The Labute approximate surface area is 199 Å². The molecular weight excluding hydrogens is 408 g/mol. The number of amides is 2. The van der Waals surface area contributed by atoms with E-state index in [4.69, 9.17) is 0 Å². The van der Waals surface area contributed by atoms with Crippen LogP contribution in [0.4, 0.5) is 0 Å². The number of fused-ring (bicyclic) bond motifs is 5. The molecular formula is C29H40N2O2. The molecule has 3 fully saturated rings. The van der Waals surface area contributed by atoms with Crippen LogP contribution in [-0.2, 0) is 9.59 Å². The van der Waals surface area contributed by atoms with Crippen molar-refractivity contribution in [2.45, 2.75) is 71.3 Å². The highest BCUT2D eigenvalue weighted by Gasteiger charge is 2.61. The van der Waals surface area contributed by atoms with Crippen molar-refractivity contribution in [1.29, 1.82) is 0 Å². The molecule has 0 saturated heterocycles. The summed E-state index contributed by atoms with van der Waals surface area (Å²) in [5.74, 6) is 2.76. The van der Waals surface area contributed by atoms with Crippen molar-refractivity contribution in [1.82, 2.24) is 10.2 Å². The van der Waals surface area contributed by atoms with Crippen LogP contribution in [0.15, 0.2) is 42.5 Å². The maximum atomic E-state index is 13.4. The fraction of sp³-hybridized carbons (Fsp3) is 0.655. The van der Waals surface area contributed by atoms with E-state index in [-0.39, 0.29) is 28.6 Å². The van der Waals surface area contributed by atoms with Crippen LogP contribution in [0.5, 0.6) is 0 Å². The van der Waals surface area contributed by atoms with Gasteiger partial charge in [0.25, 0.3) is 0 Å². The smallest absolute Gasteiger partial charge is 0.246 e. The summed E-state index contributed by atoms with van der Waals surface area (Å²) in [6.07, 6.45) is 10.8. The van der Waals surface area contributed by atoms with Crippen molar-refractivity contribution in [3.05, 3.63) is 48.0 Å². The van der Waals surface area contributed by atoms with Crippen LogP contribution in [0, 0.1) is 34.5 Å². The molecule has 2 amide bonds. The van der Waals surface area contributed by atoms with E-state index in [1.807, 2.05) is 24.1 Å². The molecule has 1 aliphatic heterocycles. The molecule has 4 nitrogen and oxygen atoms in total. The first-order valence-electron chi connectivity index (χ1n) is 13.0. The minimum atomic E-state index is 0.0678. The van der Waals surface area contributed by atoms with Gasteiger partial charge in [0.1, 0.15) is 0 Å². The van der Waals surface area contributed by atoms with Crippen molar-refractivity contribution in [2.24, 2.45) is 34.5 Å². The molecule has 0 radical (unpaired) electrons. The Hall–Kier alpha value is -2.10. The molecule has 1 aromatic rings. The summed E-state index contributed by atoms with van der Waals surface area (Å²) >= 11 is 0. The first-order chi connectivity index (χ1) is 15.8. The van der Waals surface area contributed by atoms with E-state index in [9.17, 15) is 9.59 Å². The van der Waals surface area contributed by atoms with E-state index in [2.05, 4.69) is 56.4 Å². The van der Waals surface area contributed by atoms with Gasteiger partial charge in [-0.05, 0) is 79.3 Å². The van der Waals surface area contributed by atoms with Crippen LogP contribution in [0.2, 0.25) is 0 Å². The highest BCUT2D eigenvalue weighted by atomic mass is 16.2. The zero-order valence-electron chi connectivity index (χ0n) is 20.7. The molecule has 0 bridgehead atoms. The maximum absolute atomic E-state index is 13.4. The Bertz CT molecular complexity index is 942. The normalized spacial score (nSPS) is 40.5. The van der Waals surface area contributed by atoms with Crippen LogP contribution in [0.3, 0.4) is 0 Å². The topological polar surface area (TPSA) is 49.4 Å². The zero-order valence-corrected chi connectivity index (χ0v) is 20.7. The monoisotopic (exact) mass is 448 g/mol. The Morgan fingerprint density at radius 3 is 2.61 bits per heavy atom. The van der Waals surface area contributed by atoms with E-state index in [1.165, 1.54) is 24.8 Å². The number of likely N-dealkylation sites (N-methyl/N-ethyl adjacent to an activating group) is 1. The van der Waals surface area contributed by atoms with Gasteiger partial charge in [-0.25, -0.2) is 0 Å². The SMILES string of the molecule is CC(CNC(=O)[C@H]1CC[C@H]2[C@@H]3CC[C@H]4N(C)C(=O)C=C[C@]4(C)[C@H]3CC[C@]12C)c1ccccc1. The van der Waals surface area contributed by atoms with Crippen LogP contribution >= 0.6 is 0 Å². The fourth-order valence-corrected chi connectivity index (χ4v) is 8.45. The van der Waals surface area contributed by atoms with Gasteiger partial charge in [0, 0.05) is 31.0 Å². The van der Waals surface area contributed by atoms with Gasteiger partial charge in [0.2, 0.25) is 11.8 Å². The number of hydrogen-bond donors (Lipinski definition) is 1. The Balaban J connectivity index is 1.29. The molecule has 4 aliphatic rings. The first-order valence-corrected chi connectivity index (χ1v) is 13.0. The number of carbonyl (C=O) groups is 2. The quantitative estimate of drug-likeness (QED) is 0.691. The molecule has 1 aromatic carbocycles. The summed E-state index contributed by atoms with van der Waals surface area (Å²) in [5.41, 5.74) is 1.45. The van der Waals surface area contributed by atoms with Crippen molar-refractivity contribution >= 4 is 11.8 Å². The predicted molar refractivity (Wildman–Crippen MR) is 131 cm³/mol. The summed E-state index contributed by atoms with van der Waals surface area (Å²) in [7, 11) is 1.98. The summed E-state index contributed by atoms with van der Waals surface area (Å²) in [6.45, 7) is 7.70. The number of nitrogens with zero attached hydrogens (tertiary/aromatic N) is 1. The van der Waals surface area contributed by atoms with Gasteiger partial charge < -0.3 is 10.2 Å². The second kappa shape index (κ2) is 8.29. The molecule has 3 saturated carbocycles. The van der Waals surface area contributed by atoms with Gasteiger partial charge in [-0.15, -0.1) is 0 Å². The number of carbonyl (C=O) groups excluding carboxylic acids is 2. The number of rotatable bonds is 4. The third kappa shape index (κ3) is 3.56. The predicted octanol–water partition coefficient (Wildman–Crippen LogP) is 5.16. The van der Waals surface area contributed by atoms with E-state index < -0.39 is 0 Å². The molecule has 1 heterocycles. The summed E-state index contributed by atoms with van der Waals surface area (Å²) in [6, 6.07) is 10.8. The van der Waals surface area contributed by atoms with Crippen molar-refractivity contribution in [3.63, 3.8) is 0 Å². The van der Waals surface area contributed by atoms with E-state index >= 15 is 0 Å². The molecule has 178 valence electrons. The first kappa shape index (κ1) is 22.7. The Morgan fingerprint density at radius 2 is 1.85 bits per heavy atom. The number of nitrogens with one attached hydrogen (secondary N) is 1. The van der Waals surface area contributed by atoms with Gasteiger partial charge in [-0.3, -0.25) is 9.59 Å². The summed E-state index contributed by atoms with van der Waals surface area (Å²) < 4.78 is 0. The number of benzene rings is 1. The lowest BCUT2D eigenvalue weighted by molar-refractivity contribution is -0.142. The highest BCUT2D eigenvalue weighted by molar-refractivity contribution is 5.89. The molecule has 0 spiro atoms. The molecule has 33 heavy (non-hydrogen) atoms. The Morgan fingerprint density at radius 1 is 1.09 bits per heavy atom. The van der Waals surface area contributed by atoms with Crippen molar-refractivity contribution in [2.75, 3.05) is 13.6 Å². The van der Waals surface area contributed by atoms with E-state index in [1.54, 1.807) is 0 Å². The molecule has 1 unspecified atom stereocenters. The maximum Gasteiger partial charge on any atom is 0.246 e. The lowest BCUT2D eigenvalue weighted by Crippen LogP contribution is -2.59. The fourth-order valence-electron chi connectivity index (χ4n) is 8.45. The average molecular weight is 449 g/mol. The van der Waals surface area contributed by atoms with Crippen LogP contribution in [0.1, 0.15) is 70.8 Å². The minimum Gasteiger partial charge on any atom is -0.355 e. The second-order valence-electron chi connectivity index (χ2n) is 11.8. The van der Waals surface area contributed by atoms with Crippen LogP contribution in [0.25, 0.3) is 0 Å². The zero-order chi connectivity index (χ0) is 23.4. The average Bonchev–Trinajstić information content (AvgIpc) is 3.18. The van der Waals surface area contributed by atoms with Crippen molar-refractivity contribution < 1.29 is 9.59 Å². The van der Waals surface area contributed by atoms with Crippen LogP contribution < -0.4 is 5.32 Å². The van der Waals surface area contributed by atoms with Gasteiger partial charge in [-0.1, -0.05) is 57.2 Å². The van der Waals surface area contributed by atoms with Crippen molar-refractivity contribution in [3.8, 4) is 0 Å². The molecule has 1 N–H and O–H groups in total. The van der Waals surface area contributed by atoms with E-state index in [0.717, 1.165) is 19.3 Å². The summed E-state index contributed by atoms with van der Waals surface area (Å²) in [5, 5.41) is 3.32. The summed E-state index contributed by atoms with van der Waals surface area (Å²) in [4.78, 5) is 27.7. The lowest BCUT2D eigenvalue weighted by Gasteiger charge is -2.60. The highest BCUT2D eigenvalue weighted by Crippen LogP contribution is 2.65. The Kier molecular flexibility index (Phi) is 5.69. The van der Waals surface area contributed by atoms with Gasteiger partial charge >= 0.3 is 0 Å². The standard InChI is InChI=1S/C29H40N2O2/c1-19(20-8-6-5-7-9-20)18-30-27(33)24-12-11-22-21-10-13-25-29(3,17-15-26(32)31(25)4)23(21)14-16-28(22,24)2/h5-9,15,17,19,21-25H,10-14,16,18H2,1-4H3,(H,30,33)/t19?,21-,22-,23-,24+,25+,28-,29+/m0/s1. The molecule has 8 atom stereocenters. The molecule has 5 rings (SSSR count). The third-order valence-electron chi connectivity index (χ3n) is 10.4. The number of hydrogen-bond acceptors (Lipinski definition) is 2. The van der Waals surface area contributed by atoms with Gasteiger partial charge in [0.05, 0.1) is 0 Å². The van der Waals surface area contributed by atoms with Gasteiger partial charge in [-0.2, -0.15) is 0 Å². The van der Waals surface area contributed by atoms with Crippen LogP contribution in [-0.4, -0.2) is 36.3 Å². The molecule has 0 aromatic heterocycles. The molecule has 3 aliphatic carbocycles. The minimum absolute atomic E-state index is 0.0678.